The van der Waals surface area contributed by atoms with Crippen molar-refractivity contribution in [2.75, 3.05) is 20.8 Å². The molecule has 8 heteroatoms. The zero-order chi connectivity index (χ0) is 23.9. The molecule has 0 heterocycles. The van der Waals surface area contributed by atoms with Crippen molar-refractivity contribution in [2.45, 2.75) is 104 Å². The summed E-state index contributed by atoms with van der Waals surface area (Å²) in [5.41, 5.74) is -0.599. The Morgan fingerprint density at radius 1 is 0.967 bits per heavy atom. The van der Waals surface area contributed by atoms with Gasteiger partial charge in [-0.2, -0.15) is 0 Å². The van der Waals surface area contributed by atoms with Gasteiger partial charge in [0.1, 0.15) is 6.10 Å². The summed E-state index contributed by atoms with van der Waals surface area (Å²) in [7, 11) is 0.845. The number of rotatable bonds is 12. The van der Waals surface area contributed by atoms with Crippen molar-refractivity contribution < 1.29 is 33.6 Å². The fraction of sp³-hybridized carbons (Fsp3) is 0.955. The number of carbonyl (C=O) groups excluding carboxylic acids is 1. The molecule has 0 aliphatic carbocycles. The van der Waals surface area contributed by atoms with E-state index >= 15 is 0 Å². The van der Waals surface area contributed by atoms with E-state index in [9.17, 15) is 15.0 Å². The third-order valence-corrected chi connectivity index (χ3v) is 10.4. The van der Waals surface area contributed by atoms with Crippen LogP contribution in [0.4, 0.5) is 0 Å². The van der Waals surface area contributed by atoms with Crippen LogP contribution in [0.15, 0.2) is 0 Å². The van der Waals surface area contributed by atoms with E-state index in [2.05, 4.69) is 33.9 Å². The minimum absolute atomic E-state index is 0.0686. The molecule has 30 heavy (non-hydrogen) atoms. The molecule has 0 saturated carbocycles. The topological polar surface area (TPSA) is 94.5 Å². The molecule has 0 aliphatic heterocycles. The molecule has 0 aliphatic rings. The molecule has 7 nitrogen and oxygen atoms in total. The van der Waals surface area contributed by atoms with E-state index < -0.39 is 38.3 Å². The summed E-state index contributed by atoms with van der Waals surface area (Å²) >= 11 is 0. The van der Waals surface area contributed by atoms with E-state index in [4.69, 9.17) is 18.6 Å². The number of aliphatic hydroxyl groups is 2. The number of hydrogen-bond acceptors (Lipinski definition) is 7. The summed E-state index contributed by atoms with van der Waals surface area (Å²) in [6, 6.07) is 0. The third kappa shape index (κ3) is 9.32. The van der Waals surface area contributed by atoms with Crippen LogP contribution in [0, 0.1) is 11.3 Å². The molecule has 0 amide bonds. The highest BCUT2D eigenvalue weighted by molar-refractivity contribution is 6.74. The molecule has 0 fully saturated rings. The fourth-order valence-corrected chi connectivity index (χ4v) is 3.99. The van der Waals surface area contributed by atoms with E-state index in [0.717, 1.165) is 0 Å². The predicted octanol–water partition coefficient (Wildman–Crippen LogP) is 3.72. The number of methoxy groups -OCH3 is 2. The number of aliphatic hydroxyl groups excluding tert-OH is 2. The van der Waals surface area contributed by atoms with Crippen molar-refractivity contribution in [3.8, 4) is 0 Å². The van der Waals surface area contributed by atoms with Crippen LogP contribution in [0.3, 0.4) is 0 Å². The second-order valence-corrected chi connectivity index (χ2v) is 15.4. The van der Waals surface area contributed by atoms with Gasteiger partial charge >= 0.3 is 5.97 Å². The number of carbonyl (C=O) groups is 1. The van der Waals surface area contributed by atoms with Gasteiger partial charge in [0.25, 0.3) is 0 Å². The number of esters is 1. The van der Waals surface area contributed by atoms with E-state index in [1.165, 1.54) is 14.2 Å². The van der Waals surface area contributed by atoms with Gasteiger partial charge < -0.3 is 28.8 Å². The van der Waals surface area contributed by atoms with Gasteiger partial charge in [0.05, 0.1) is 24.2 Å². The molecular weight excluding hydrogens is 404 g/mol. The quantitative estimate of drug-likeness (QED) is 0.266. The van der Waals surface area contributed by atoms with Crippen LogP contribution in [0.2, 0.25) is 18.1 Å². The lowest BCUT2D eigenvalue weighted by atomic mass is 9.92. The van der Waals surface area contributed by atoms with E-state index in [-0.39, 0.29) is 23.5 Å². The van der Waals surface area contributed by atoms with Gasteiger partial charge in [-0.25, -0.2) is 0 Å². The molecule has 0 rings (SSSR count). The van der Waals surface area contributed by atoms with Crippen LogP contribution < -0.4 is 0 Å². The van der Waals surface area contributed by atoms with Crippen LogP contribution in [0.25, 0.3) is 0 Å². The van der Waals surface area contributed by atoms with Crippen molar-refractivity contribution in [3.63, 3.8) is 0 Å². The van der Waals surface area contributed by atoms with Crippen molar-refractivity contribution in [2.24, 2.45) is 11.3 Å². The Bertz CT molecular complexity index is 507. The van der Waals surface area contributed by atoms with Crippen molar-refractivity contribution in [3.05, 3.63) is 0 Å². The summed E-state index contributed by atoms with van der Waals surface area (Å²) in [4.78, 5) is 12.1. The SMILES string of the molecule is COC(C[C@@H](C)[C@@H](O)[C@H](O)[C@@H](CCOC(=O)C(C)(C)C)O[Si](C)(C)C(C)(C)C)OC. The Morgan fingerprint density at radius 3 is 1.87 bits per heavy atom. The maximum absolute atomic E-state index is 12.1. The van der Waals surface area contributed by atoms with Crippen molar-refractivity contribution >= 4 is 14.3 Å². The normalized spacial score (nSPS) is 17.5. The Balaban J connectivity index is 5.36. The molecule has 0 aromatic rings. The van der Waals surface area contributed by atoms with Crippen molar-refractivity contribution in [1.82, 2.24) is 0 Å². The molecule has 2 N–H and O–H groups in total. The monoisotopic (exact) mass is 450 g/mol. The summed E-state index contributed by atoms with van der Waals surface area (Å²) in [6.45, 7) is 17.9. The molecule has 0 unspecified atom stereocenters. The first kappa shape index (κ1) is 29.5. The highest BCUT2D eigenvalue weighted by Gasteiger charge is 2.42. The fourth-order valence-electron chi connectivity index (χ4n) is 2.63. The second-order valence-electron chi connectivity index (χ2n) is 10.7. The van der Waals surface area contributed by atoms with Crippen LogP contribution in [-0.2, 0) is 23.4 Å². The summed E-state index contributed by atoms with van der Waals surface area (Å²) < 4.78 is 22.3. The van der Waals surface area contributed by atoms with Gasteiger partial charge in [0, 0.05) is 27.1 Å². The minimum atomic E-state index is -2.23. The average Bonchev–Trinajstić information content (AvgIpc) is 2.61. The highest BCUT2D eigenvalue weighted by atomic mass is 28.4. The van der Waals surface area contributed by atoms with Gasteiger partial charge in [0.2, 0.25) is 0 Å². The second kappa shape index (κ2) is 11.9. The Morgan fingerprint density at radius 2 is 1.47 bits per heavy atom. The lowest BCUT2D eigenvalue weighted by Crippen LogP contribution is -2.51. The first-order valence-electron chi connectivity index (χ1n) is 10.7. The maximum Gasteiger partial charge on any atom is 0.311 e. The molecule has 0 radical (unpaired) electrons. The maximum atomic E-state index is 12.1. The average molecular weight is 451 g/mol. The summed E-state index contributed by atoms with van der Waals surface area (Å²) in [6.07, 6.45) is -2.55. The minimum Gasteiger partial charge on any atom is -0.465 e. The van der Waals surface area contributed by atoms with Gasteiger partial charge in [-0.05, 0) is 44.8 Å². The first-order chi connectivity index (χ1) is 13.5. The molecule has 0 saturated heterocycles. The molecule has 0 spiro atoms. The van der Waals surface area contributed by atoms with Crippen LogP contribution in [0.1, 0.15) is 61.3 Å². The predicted molar refractivity (Wildman–Crippen MR) is 121 cm³/mol. The standard InChI is InChI=1S/C22H46O7Si/c1-15(14-17(26-8)27-9)18(23)19(24)16(29-30(10,11)22(5,6)7)12-13-28-20(25)21(2,3)4/h15-19,23-24H,12-14H2,1-11H3/t15-,16-,18-,19-/m1/s1. The van der Waals surface area contributed by atoms with Crippen LogP contribution in [-0.4, -0.2) is 69.9 Å². The Hall–Kier alpha value is -0.513. The Kier molecular flexibility index (Phi) is 11.7. The van der Waals surface area contributed by atoms with E-state index in [0.29, 0.717) is 12.8 Å². The van der Waals surface area contributed by atoms with Crippen LogP contribution in [0.5, 0.6) is 0 Å². The van der Waals surface area contributed by atoms with E-state index in [1.54, 1.807) is 20.8 Å². The van der Waals surface area contributed by atoms with Crippen LogP contribution >= 0.6 is 0 Å². The lowest BCUT2D eigenvalue weighted by molar-refractivity contribution is -0.155. The number of ether oxygens (including phenoxy) is 3. The third-order valence-electron chi connectivity index (χ3n) is 5.90. The lowest BCUT2D eigenvalue weighted by Gasteiger charge is -2.42. The van der Waals surface area contributed by atoms with Gasteiger partial charge in [-0.15, -0.1) is 0 Å². The highest BCUT2D eigenvalue weighted by Crippen LogP contribution is 2.38. The molecule has 0 aromatic carbocycles. The van der Waals surface area contributed by atoms with Gasteiger partial charge in [-0.3, -0.25) is 4.79 Å². The molecule has 0 aromatic heterocycles. The zero-order valence-corrected chi connectivity index (χ0v) is 21.9. The number of hydrogen-bond donors (Lipinski definition) is 2. The zero-order valence-electron chi connectivity index (χ0n) is 20.9. The molecule has 4 atom stereocenters. The summed E-state index contributed by atoms with van der Waals surface area (Å²) in [5, 5.41) is 21.7. The molecule has 180 valence electrons. The molecular formula is C22H46O7Si. The van der Waals surface area contributed by atoms with Crippen molar-refractivity contribution in [1.29, 1.82) is 0 Å². The smallest absolute Gasteiger partial charge is 0.311 e. The van der Waals surface area contributed by atoms with Gasteiger partial charge in [-0.1, -0.05) is 27.7 Å². The Labute approximate surface area is 184 Å². The summed E-state index contributed by atoms with van der Waals surface area (Å²) in [5.74, 6) is -0.590. The van der Waals surface area contributed by atoms with Gasteiger partial charge in [0.15, 0.2) is 14.6 Å². The van der Waals surface area contributed by atoms with E-state index in [1.807, 2.05) is 6.92 Å². The first-order valence-corrected chi connectivity index (χ1v) is 13.7. The largest absolute Gasteiger partial charge is 0.465 e. The molecule has 0 bridgehead atoms.